The molecule has 2 heterocycles. The van der Waals surface area contributed by atoms with E-state index >= 15 is 0 Å². The highest BCUT2D eigenvalue weighted by atomic mass is 32.1. The van der Waals surface area contributed by atoms with E-state index in [-0.39, 0.29) is 0 Å². The summed E-state index contributed by atoms with van der Waals surface area (Å²) in [6, 6.07) is 76.4. The van der Waals surface area contributed by atoms with Crippen LogP contribution in [-0.4, -0.2) is 0 Å². The van der Waals surface area contributed by atoms with Crippen molar-refractivity contribution in [3.63, 3.8) is 0 Å². The van der Waals surface area contributed by atoms with Crippen LogP contribution in [0.15, 0.2) is 217 Å². The zero-order valence-corrected chi connectivity index (χ0v) is 31.8. The lowest BCUT2D eigenvalue weighted by molar-refractivity contribution is 0.669. The zero-order chi connectivity index (χ0) is 37.7. The molecule has 268 valence electrons. The molecule has 57 heavy (non-hydrogen) atoms. The minimum Gasteiger partial charge on any atom is -0.456 e. The molecule has 3 heteroatoms. The second-order valence-corrected chi connectivity index (χ2v) is 15.5. The van der Waals surface area contributed by atoms with E-state index in [9.17, 15) is 0 Å². The monoisotopic (exact) mass is 745 g/mol. The third kappa shape index (κ3) is 5.80. The Hall–Kier alpha value is -7.20. The smallest absolute Gasteiger partial charge is 0.136 e. The summed E-state index contributed by atoms with van der Waals surface area (Å²) in [5.41, 5.74) is 14.4. The van der Waals surface area contributed by atoms with E-state index in [1.165, 1.54) is 53.6 Å². The van der Waals surface area contributed by atoms with Gasteiger partial charge >= 0.3 is 0 Å². The van der Waals surface area contributed by atoms with Crippen LogP contribution in [0.5, 0.6) is 0 Å². The van der Waals surface area contributed by atoms with Crippen molar-refractivity contribution in [2.75, 3.05) is 4.90 Å². The normalized spacial score (nSPS) is 11.5. The van der Waals surface area contributed by atoms with Crippen LogP contribution in [0.25, 0.3) is 86.6 Å². The Kier molecular flexibility index (Phi) is 8.04. The first-order valence-electron chi connectivity index (χ1n) is 19.3. The van der Waals surface area contributed by atoms with E-state index in [0.717, 1.165) is 50.1 Å². The predicted octanol–water partition coefficient (Wildman–Crippen LogP) is 16.1. The number of thiophene rings is 1. The van der Waals surface area contributed by atoms with Gasteiger partial charge in [0.05, 0.1) is 5.69 Å². The number of fused-ring (bicyclic) bond motifs is 6. The molecule has 0 spiro atoms. The van der Waals surface area contributed by atoms with Crippen LogP contribution >= 0.6 is 11.3 Å². The molecule has 0 saturated carbocycles. The summed E-state index contributed by atoms with van der Waals surface area (Å²) in [6.07, 6.45) is 0. The first-order chi connectivity index (χ1) is 28.3. The minimum absolute atomic E-state index is 0.867. The van der Waals surface area contributed by atoms with Crippen molar-refractivity contribution >= 4 is 70.5 Å². The molecule has 9 aromatic carbocycles. The van der Waals surface area contributed by atoms with E-state index in [2.05, 4.69) is 211 Å². The molecule has 0 unspecified atom stereocenters. The van der Waals surface area contributed by atoms with E-state index in [1.54, 1.807) is 0 Å². The molecule has 0 aliphatic rings. The summed E-state index contributed by atoms with van der Waals surface area (Å²) in [6.45, 7) is 0. The second-order valence-electron chi connectivity index (χ2n) is 14.4. The highest BCUT2D eigenvalue weighted by Crippen LogP contribution is 2.48. The molecule has 0 fully saturated rings. The molecule has 2 aromatic heterocycles. The van der Waals surface area contributed by atoms with Crippen molar-refractivity contribution in [2.45, 2.75) is 0 Å². The van der Waals surface area contributed by atoms with Gasteiger partial charge in [-0.15, -0.1) is 11.3 Å². The van der Waals surface area contributed by atoms with E-state index in [0.29, 0.717) is 0 Å². The van der Waals surface area contributed by atoms with Crippen LogP contribution in [0.2, 0.25) is 0 Å². The maximum absolute atomic E-state index is 6.55. The molecule has 0 amide bonds. The minimum atomic E-state index is 0.867. The van der Waals surface area contributed by atoms with Gasteiger partial charge in [0.2, 0.25) is 0 Å². The van der Waals surface area contributed by atoms with Crippen molar-refractivity contribution in [1.82, 2.24) is 0 Å². The SMILES string of the molecule is c1ccc(-c2ccc(N(c3ccc(-c4cccc5sc6ccccc6c45)cc3)c3ccc4oc5ccccc5c4c3-c3cccc(-c4ccccc4)c3)cc2)cc1. The van der Waals surface area contributed by atoms with Crippen molar-refractivity contribution in [1.29, 1.82) is 0 Å². The fourth-order valence-electron chi connectivity index (χ4n) is 8.44. The maximum atomic E-state index is 6.55. The Balaban J connectivity index is 1.14. The van der Waals surface area contributed by atoms with Crippen molar-refractivity contribution < 1.29 is 4.42 Å². The highest BCUT2D eigenvalue weighted by molar-refractivity contribution is 7.25. The number of rotatable bonds is 7. The van der Waals surface area contributed by atoms with Gasteiger partial charge < -0.3 is 9.32 Å². The van der Waals surface area contributed by atoms with Gasteiger partial charge in [-0.2, -0.15) is 0 Å². The van der Waals surface area contributed by atoms with Gasteiger partial charge in [-0.1, -0.05) is 152 Å². The topological polar surface area (TPSA) is 16.4 Å². The summed E-state index contributed by atoms with van der Waals surface area (Å²) in [5.74, 6) is 0. The number of para-hydroxylation sites is 1. The number of furan rings is 1. The molecule has 11 rings (SSSR count). The molecule has 0 N–H and O–H groups in total. The fourth-order valence-corrected chi connectivity index (χ4v) is 9.57. The lowest BCUT2D eigenvalue weighted by Crippen LogP contribution is -2.11. The second kappa shape index (κ2) is 13.8. The van der Waals surface area contributed by atoms with Gasteiger partial charge in [0.25, 0.3) is 0 Å². The first kappa shape index (κ1) is 33.2. The Bertz CT molecular complexity index is 3210. The Morgan fingerprint density at radius 1 is 0.351 bits per heavy atom. The van der Waals surface area contributed by atoms with Gasteiger partial charge in [0.15, 0.2) is 0 Å². The fraction of sp³-hybridized carbons (Fsp3) is 0. The molecule has 0 radical (unpaired) electrons. The zero-order valence-electron chi connectivity index (χ0n) is 31.0. The average Bonchev–Trinajstić information content (AvgIpc) is 3.86. The summed E-state index contributed by atoms with van der Waals surface area (Å²) in [7, 11) is 0. The lowest BCUT2D eigenvalue weighted by atomic mass is 9.93. The third-order valence-electron chi connectivity index (χ3n) is 11.1. The largest absolute Gasteiger partial charge is 0.456 e. The molecule has 2 nitrogen and oxygen atoms in total. The van der Waals surface area contributed by atoms with E-state index in [1.807, 2.05) is 17.4 Å². The van der Waals surface area contributed by atoms with Crippen LogP contribution < -0.4 is 4.90 Å². The van der Waals surface area contributed by atoms with E-state index < -0.39 is 0 Å². The standard InChI is InChI=1S/C54H35NOS/c1-3-13-36(14-4-1)38-25-29-42(30-26-38)55(43-31-27-39(28-32-43)44-21-12-24-51-53(44)46-20-8-10-23-50(46)57-51)47-33-34-49-54(45-19-7-9-22-48(45)56-49)52(47)41-18-11-17-40(35-41)37-15-5-2-6-16-37/h1-35H. The number of benzene rings is 9. The maximum Gasteiger partial charge on any atom is 0.136 e. The van der Waals surface area contributed by atoms with Gasteiger partial charge in [0.1, 0.15) is 11.2 Å². The Morgan fingerprint density at radius 2 is 0.912 bits per heavy atom. The van der Waals surface area contributed by atoms with Gasteiger partial charge in [-0.3, -0.25) is 0 Å². The molecule has 0 bridgehead atoms. The van der Waals surface area contributed by atoms with Crippen LogP contribution in [0.1, 0.15) is 0 Å². The molecule has 0 aliphatic heterocycles. The number of nitrogens with zero attached hydrogens (tertiary/aromatic N) is 1. The van der Waals surface area contributed by atoms with Crippen molar-refractivity contribution in [3.05, 3.63) is 212 Å². The van der Waals surface area contributed by atoms with Crippen LogP contribution in [0, 0.1) is 0 Å². The van der Waals surface area contributed by atoms with Gasteiger partial charge in [-0.25, -0.2) is 0 Å². The lowest BCUT2D eigenvalue weighted by Gasteiger charge is -2.29. The van der Waals surface area contributed by atoms with Crippen molar-refractivity contribution in [2.24, 2.45) is 0 Å². The average molecular weight is 746 g/mol. The van der Waals surface area contributed by atoms with Crippen LogP contribution in [0.3, 0.4) is 0 Å². The Labute approximate surface area is 335 Å². The quantitative estimate of drug-likeness (QED) is 0.162. The van der Waals surface area contributed by atoms with Crippen LogP contribution in [-0.2, 0) is 0 Å². The van der Waals surface area contributed by atoms with Crippen molar-refractivity contribution in [3.8, 4) is 44.5 Å². The predicted molar refractivity (Wildman–Crippen MR) is 243 cm³/mol. The molecule has 0 saturated heterocycles. The Morgan fingerprint density at radius 3 is 1.67 bits per heavy atom. The molecular weight excluding hydrogens is 711 g/mol. The van der Waals surface area contributed by atoms with Gasteiger partial charge in [-0.05, 0) is 99.6 Å². The number of hydrogen-bond donors (Lipinski definition) is 0. The molecule has 11 aromatic rings. The summed E-state index contributed by atoms with van der Waals surface area (Å²) >= 11 is 1.86. The first-order valence-corrected chi connectivity index (χ1v) is 20.1. The summed E-state index contributed by atoms with van der Waals surface area (Å²) in [4.78, 5) is 2.41. The number of hydrogen-bond acceptors (Lipinski definition) is 3. The molecular formula is C54H35NOS. The van der Waals surface area contributed by atoms with E-state index in [4.69, 9.17) is 4.42 Å². The molecule has 0 atom stereocenters. The van der Waals surface area contributed by atoms with Gasteiger partial charge in [0, 0.05) is 47.9 Å². The summed E-state index contributed by atoms with van der Waals surface area (Å²) in [5, 5.41) is 4.82. The number of anilines is 3. The molecule has 0 aliphatic carbocycles. The van der Waals surface area contributed by atoms with Crippen LogP contribution in [0.4, 0.5) is 17.1 Å². The third-order valence-corrected chi connectivity index (χ3v) is 12.2. The summed E-state index contributed by atoms with van der Waals surface area (Å²) < 4.78 is 9.17. The highest BCUT2D eigenvalue weighted by Gasteiger charge is 2.23.